The number of carbonyl (C=O) groups is 3. The molecule has 0 aromatic heterocycles. The second-order valence-electron chi connectivity index (χ2n) is 11.3. The lowest BCUT2D eigenvalue weighted by Gasteiger charge is -2.38. The number of anilines is 2. The van der Waals surface area contributed by atoms with Crippen LogP contribution in [0.25, 0.3) is 6.08 Å². The first-order valence-corrected chi connectivity index (χ1v) is 12.9. The second kappa shape index (κ2) is 8.42. The van der Waals surface area contributed by atoms with Gasteiger partial charge >= 0.3 is 0 Å². The van der Waals surface area contributed by atoms with E-state index in [1.807, 2.05) is 86.4 Å². The third kappa shape index (κ3) is 3.22. The Hall–Kier alpha value is -4.19. The van der Waals surface area contributed by atoms with Crippen molar-refractivity contribution in [3.05, 3.63) is 95.6 Å². The Balaban J connectivity index is 1.68. The predicted molar refractivity (Wildman–Crippen MR) is 148 cm³/mol. The fraction of sp³-hybridized carbons (Fsp3) is 0.281. The normalized spacial score (nSPS) is 25.0. The number of rotatable bonds is 4. The lowest BCUT2D eigenvalue weighted by molar-refractivity contribution is -0.128. The molecule has 0 unspecified atom stereocenters. The van der Waals surface area contributed by atoms with Crippen LogP contribution in [0, 0.1) is 11.3 Å². The SMILES string of the molecule is COc1cccc(C(=O)[C@H]2[C@@H](C(=O)C(C)(C)C)N3c4ccccc4C=C[C@@H]3[C@@]23C(=O)Nc2ccccc23)c1. The molecule has 3 aliphatic rings. The zero-order valence-corrected chi connectivity index (χ0v) is 21.9. The van der Waals surface area contributed by atoms with Crippen molar-refractivity contribution in [3.63, 3.8) is 0 Å². The molecule has 3 aromatic carbocycles. The Morgan fingerprint density at radius 3 is 2.47 bits per heavy atom. The molecule has 0 saturated carbocycles. The molecule has 6 nitrogen and oxygen atoms in total. The van der Waals surface area contributed by atoms with E-state index < -0.39 is 28.8 Å². The van der Waals surface area contributed by atoms with Crippen molar-refractivity contribution >= 4 is 34.9 Å². The predicted octanol–water partition coefficient (Wildman–Crippen LogP) is 5.28. The molecule has 3 heterocycles. The molecule has 192 valence electrons. The van der Waals surface area contributed by atoms with E-state index in [1.165, 1.54) is 0 Å². The number of methoxy groups -OCH3 is 1. The molecule has 0 bridgehead atoms. The number of nitrogens with one attached hydrogen (secondary N) is 1. The van der Waals surface area contributed by atoms with E-state index >= 15 is 0 Å². The Bertz CT molecular complexity index is 1520. The van der Waals surface area contributed by atoms with Crippen LogP contribution in [0.15, 0.2) is 78.9 Å². The Labute approximate surface area is 222 Å². The largest absolute Gasteiger partial charge is 0.497 e. The fourth-order valence-electron chi connectivity index (χ4n) is 6.52. The van der Waals surface area contributed by atoms with Crippen LogP contribution in [0.5, 0.6) is 5.75 Å². The van der Waals surface area contributed by atoms with Gasteiger partial charge in [-0.25, -0.2) is 0 Å². The number of benzene rings is 3. The minimum absolute atomic E-state index is 0.0806. The zero-order valence-electron chi connectivity index (χ0n) is 21.9. The first-order chi connectivity index (χ1) is 18.2. The van der Waals surface area contributed by atoms with Crippen molar-refractivity contribution < 1.29 is 19.1 Å². The molecular weight excluding hydrogens is 476 g/mol. The molecule has 0 radical (unpaired) electrons. The van der Waals surface area contributed by atoms with E-state index in [-0.39, 0.29) is 17.5 Å². The van der Waals surface area contributed by atoms with Gasteiger partial charge in [-0.05, 0) is 35.4 Å². The van der Waals surface area contributed by atoms with Gasteiger partial charge in [-0.2, -0.15) is 0 Å². The Kier molecular flexibility index (Phi) is 5.35. The summed E-state index contributed by atoms with van der Waals surface area (Å²) in [6, 6.07) is 20.9. The molecule has 3 aromatic rings. The van der Waals surface area contributed by atoms with Crippen LogP contribution < -0.4 is 15.0 Å². The van der Waals surface area contributed by atoms with Crippen molar-refractivity contribution in [1.82, 2.24) is 0 Å². The molecule has 38 heavy (non-hydrogen) atoms. The number of para-hydroxylation sites is 2. The molecule has 6 rings (SSSR count). The summed E-state index contributed by atoms with van der Waals surface area (Å²) < 4.78 is 5.41. The summed E-state index contributed by atoms with van der Waals surface area (Å²) in [6.07, 6.45) is 4.00. The molecule has 1 N–H and O–H groups in total. The van der Waals surface area contributed by atoms with Crippen LogP contribution in [0.1, 0.15) is 42.3 Å². The average Bonchev–Trinajstić information content (AvgIpc) is 3.40. The number of Topliss-reactive ketones (excluding diaryl/α,β-unsaturated/α-hetero) is 2. The lowest BCUT2D eigenvalue weighted by Crippen LogP contribution is -2.51. The summed E-state index contributed by atoms with van der Waals surface area (Å²) in [5.74, 6) is -1.02. The van der Waals surface area contributed by atoms with Gasteiger partial charge in [0, 0.05) is 22.4 Å². The van der Waals surface area contributed by atoms with Crippen molar-refractivity contribution in [2.24, 2.45) is 11.3 Å². The van der Waals surface area contributed by atoms with Crippen LogP contribution in [-0.4, -0.2) is 36.7 Å². The zero-order chi connectivity index (χ0) is 26.8. The number of carbonyl (C=O) groups excluding carboxylic acids is 3. The van der Waals surface area contributed by atoms with Crippen molar-refractivity contribution in [2.45, 2.75) is 38.3 Å². The number of amides is 1. The van der Waals surface area contributed by atoms with Gasteiger partial charge in [0.2, 0.25) is 5.91 Å². The molecule has 3 aliphatic heterocycles. The molecule has 1 saturated heterocycles. The van der Waals surface area contributed by atoms with Crippen LogP contribution in [0.2, 0.25) is 0 Å². The van der Waals surface area contributed by atoms with E-state index in [0.29, 0.717) is 17.0 Å². The first kappa shape index (κ1) is 24.2. The summed E-state index contributed by atoms with van der Waals surface area (Å²) in [4.78, 5) is 45.4. The number of hydrogen-bond acceptors (Lipinski definition) is 5. The monoisotopic (exact) mass is 506 g/mol. The van der Waals surface area contributed by atoms with Crippen molar-refractivity contribution in [3.8, 4) is 5.75 Å². The molecule has 1 fully saturated rings. The number of ether oxygens (including phenoxy) is 1. The molecule has 6 heteroatoms. The fourth-order valence-corrected chi connectivity index (χ4v) is 6.52. The summed E-state index contributed by atoms with van der Waals surface area (Å²) in [6.45, 7) is 5.62. The lowest BCUT2D eigenvalue weighted by atomic mass is 9.63. The quantitative estimate of drug-likeness (QED) is 0.487. The second-order valence-corrected chi connectivity index (χ2v) is 11.3. The minimum Gasteiger partial charge on any atom is -0.497 e. The van der Waals surface area contributed by atoms with Gasteiger partial charge in [0.15, 0.2) is 11.6 Å². The van der Waals surface area contributed by atoms with Gasteiger partial charge in [0.05, 0.1) is 19.1 Å². The van der Waals surface area contributed by atoms with Gasteiger partial charge in [-0.3, -0.25) is 14.4 Å². The molecule has 1 amide bonds. The Morgan fingerprint density at radius 1 is 0.974 bits per heavy atom. The number of nitrogens with zero attached hydrogens (tertiary/aromatic N) is 1. The van der Waals surface area contributed by atoms with Gasteiger partial charge in [-0.15, -0.1) is 0 Å². The maximum atomic E-state index is 14.7. The number of ketones is 2. The van der Waals surface area contributed by atoms with E-state index in [9.17, 15) is 14.4 Å². The molecular formula is C32H30N2O4. The van der Waals surface area contributed by atoms with Crippen molar-refractivity contribution in [2.75, 3.05) is 17.3 Å². The summed E-state index contributed by atoms with van der Waals surface area (Å²) in [7, 11) is 1.55. The highest BCUT2D eigenvalue weighted by Crippen LogP contribution is 2.58. The molecule has 4 atom stereocenters. The van der Waals surface area contributed by atoms with Crippen molar-refractivity contribution in [1.29, 1.82) is 0 Å². The third-order valence-electron chi connectivity index (χ3n) is 8.19. The molecule has 1 spiro atoms. The summed E-state index contributed by atoms with van der Waals surface area (Å²) >= 11 is 0. The smallest absolute Gasteiger partial charge is 0.238 e. The minimum atomic E-state index is -1.30. The average molecular weight is 507 g/mol. The van der Waals surface area contributed by atoms with Crippen LogP contribution >= 0.6 is 0 Å². The van der Waals surface area contributed by atoms with Gasteiger partial charge in [0.25, 0.3) is 0 Å². The van der Waals surface area contributed by atoms with Crippen LogP contribution in [0.3, 0.4) is 0 Å². The van der Waals surface area contributed by atoms with E-state index in [0.717, 1.165) is 16.8 Å². The highest BCUT2D eigenvalue weighted by atomic mass is 16.5. The number of hydrogen-bond donors (Lipinski definition) is 1. The number of fused-ring (bicyclic) bond motifs is 6. The Morgan fingerprint density at radius 2 is 1.71 bits per heavy atom. The standard InChI is InChI=1S/C32H30N2O4/c1-31(2,3)29(36)27-26(28(35)20-11-9-12-21(18-20)38-4)32(22-13-6-7-14-23(22)33-30(32)37)25-17-16-19-10-5-8-15-24(19)34(25)27/h5-18,25-27H,1-4H3,(H,33,37)/t25-,26-,27+,32-/m1/s1. The summed E-state index contributed by atoms with van der Waals surface area (Å²) in [5, 5.41) is 3.06. The van der Waals surface area contributed by atoms with Crippen LogP contribution in [0.4, 0.5) is 11.4 Å². The van der Waals surface area contributed by atoms with Gasteiger partial charge in [0.1, 0.15) is 17.2 Å². The summed E-state index contributed by atoms with van der Waals surface area (Å²) in [5.41, 5.74) is 1.58. The first-order valence-electron chi connectivity index (χ1n) is 12.9. The van der Waals surface area contributed by atoms with E-state index in [4.69, 9.17) is 4.74 Å². The van der Waals surface area contributed by atoms with Gasteiger partial charge in [-0.1, -0.05) is 81.5 Å². The maximum Gasteiger partial charge on any atom is 0.238 e. The van der Waals surface area contributed by atoms with Gasteiger partial charge < -0.3 is 15.0 Å². The highest BCUT2D eigenvalue weighted by Gasteiger charge is 2.70. The van der Waals surface area contributed by atoms with E-state index in [1.54, 1.807) is 31.4 Å². The third-order valence-corrected chi connectivity index (χ3v) is 8.19. The van der Waals surface area contributed by atoms with Crippen LogP contribution in [-0.2, 0) is 15.0 Å². The van der Waals surface area contributed by atoms with E-state index in [2.05, 4.69) is 5.32 Å². The highest BCUT2D eigenvalue weighted by molar-refractivity contribution is 6.17. The topological polar surface area (TPSA) is 75.7 Å². The maximum absolute atomic E-state index is 14.7. The molecule has 0 aliphatic carbocycles.